The number of rotatable bonds is 0. The van der Waals surface area contributed by atoms with E-state index < -0.39 is 0 Å². The minimum absolute atomic E-state index is 0. The van der Waals surface area contributed by atoms with E-state index in [1.165, 1.54) is 12.1 Å². The van der Waals surface area contributed by atoms with Crippen molar-refractivity contribution in [3.05, 3.63) is 28.2 Å². The Kier molecular flexibility index (Phi) is 4.44. The molecule has 1 nitrogen and oxygen atoms in total. The fourth-order valence-corrected chi connectivity index (χ4v) is 0.890. The molecule has 0 saturated heterocycles. The Hall–Kier alpha value is 0.366. The van der Waals surface area contributed by atoms with Crippen molar-refractivity contribution in [2.45, 2.75) is 0 Å². The van der Waals surface area contributed by atoms with Crippen molar-refractivity contribution in [3.8, 4) is 5.75 Å². The van der Waals surface area contributed by atoms with Gasteiger partial charge in [0.05, 0.1) is 5.02 Å². The van der Waals surface area contributed by atoms with E-state index in [0.717, 1.165) is 0 Å². The molecule has 1 aromatic rings. The van der Waals surface area contributed by atoms with Crippen molar-refractivity contribution < 1.29 is 7.96 Å². The number of benzene rings is 1. The third-order valence-electron chi connectivity index (χ3n) is 0.910. The van der Waals surface area contributed by atoms with Crippen LogP contribution in [0.5, 0.6) is 5.75 Å². The van der Waals surface area contributed by atoms with Crippen LogP contribution in [0, 0.1) is 0 Å². The van der Waals surface area contributed by atoms with Crippen LogP contribution in [-0.4, -0.2) is 28.2 Å². The zero-order valence-corrected chi connectivity index (χ0v) is 8.07. The molecule has 0 aromatic heterocycles. The van der Waals surface area contributed by atoms with E-state index in [-0.39, 0.29) is 36.7 Å². The maximum atomic E-state index is 8.85. The summed E-state index contributed by atoms with van der Waals surface area (Å²) >= 11 is 11.0. The van der Waals surface area contributed by atoms with Crippen molar-refractivity contribution in [2.75, 3.05) is 0 Å². The number of phenols is 1. The van der Waals surface area contributed by atoms with E-state index in [1.54, 1.807) is 6.07 Å². The van der Waals surface area contributed by atoms with E-state index in [0.29, 0.717) is 5.02 Å². The molecule has 10 heavy (non-hydrogen) atoms. The number of hydrogen-bond donors (Lipinski definition) is 1. The molecule has 4 heteroatoms. The van der Waals surface area contributed by atoms with Crippen LogP contribution < -0.4 is 0 Å². The summed E-state index contributed by atoms with van der Waals surface area (Å²) < 4.78 is 0. The van der Waals surface area contributed by atoms with Gasteiger partial charge < -0.3 is 7.96 Å². The molecule has 0 heterocycles. The van der Waals surface area contributed by atoms with Crippen LogP contribution >= 0.6 is 23.2 Å². The molecule has 0 spiro atoms. The average molecular weight is 189 g/mol. The van der Waals surface area contributed by atoms with E-state index in [9.17, 15) is 0 Å². The fourth-order valence-electron chi connectivity index (χ4n) is 0.481. The first-order valence-corrected chi connectivity index (χ1v) is 3.10. The van der Waals surface area contributed by atoms with E-state index in [1.807, 2.05) is 0 Å². The van der Waals surface area contributed by atoms with Gasteiger partial charge in [0, 0.05) is 5.02 Å². The first-order chi connectivity index (χ1) is 4.20. The summed E-state index contributed by atoms with van der Waals surface area (Å²) in [5.74, 6) is 0.0565. The quantitative estimate of drug-likeness (QED) is 0.622. The Morgan fingerprint density at radius 2 is 1.90 bits per heavy atom. The summed E-state index contributed by atoms with van der Waals surface area (Å²) in [6.07, 6.45) is 0. The molecule has 1 N–H and O–H groups in total. The second-order valence-corrected chi connectivity index (χ2v) is 2.44. The predicted molar refractivity (Wildman–Crippen MR) is 46.1 cm³/mol. The van der Waals surface area contributed by atoms with Crippen molar-refractivity contribution in [1.29, 1.82) is 0 Å². The second-order valence-electron chi connectivity index (χ2n) is 1.60. The minimum atomic E-state index is 0. The van der Waals surface area contributed by atoms with E-state index in [4.69, 9.17) is 28.3 Å². The molecule has 0 unspecified atom stereocenters. The maximum Gasteiger partial charge on any atom is 2.00 e. The summed E-state index contributed by atoms with van der Waals surface area (Å²) in [5.41, 5.74) is 0. The molecule has 0 aliphatic carbocycles. The monoisotopic (exact) mass is 188 g/mol. The van der Waals surface area contributed by atoms with Gasteiger partial charge in [-0.1, -0.05) is 23.2 Å². The van der Waals surface area contributed by atoms with Crippen LogP contribution in [-0.2, 0) is 0 Å². The van der Waals surface area contributed by atoms with Gasteiger partial charge in [-0.05, 0) is 18.2 Å². The van der Waals surface area contributed by atoms with Gasteiger partial charge in [-0.2, -0.15) is 0 Å². The van der Waals surface area contributed by atoms with Gasteiger partial charge in [0.25, 0.3) is 0 Å². The normalized spacial score (nSPS) is 8.60. The molecule has 0 aliphatic rings. The van der Waals surface area contributed by atoms with Gasteiger partial charge >= 0.3 is 23.1 Å². The fraction of sp³-hybridized carbons (Fsp3) is 0. The third-order valence-corrected chi connectivity index (χ3v) is 1.45. The van der Waals surface area contributed by atoms with Crippen LogP contribution in [0.1, 0.15) is 2.85 Å². The summed E-state index contributed by atoms with van der Waals surface area (Å²) in [7, 11) is 0. The standard InChI is InChI=1S/C6H4Cl2O.Mg.2H/c7-4-1-2-6(9)5(8)3-4;;;/h1-3,9H;;;/q;+2;2*-1. The molecule has 0 bridgehead atoms. The Balaban J connectivity index is -0.000000270. The van der Waals surface area contributed by atoms with Gasteiger partial charge in [0.2, 0.25) is 0 Å². The van der Waals surface area contributed by atoms with Crippen molar-refractivity contribution in [2.24, 2.45) is 0 Å². The second kappa shape index (κ2) is 4.29. The maximum absolute atomic E-state index is 8.85. The molecule has 0 amide bonds. The molecule has 0 saturated carbocycles. The smallest absolute Gasteiger partial charge is 1.00 e. The Morgan fingerprint density at radius 1 is 1.30 bits per heavy atom. The third kappa shape index (κ3) is 2.54. The molecule has 1 rings (SSSR count). The molecular formula is C6H6Cl2MgO. The number of phenolic OH excluding ortho intramolecular Hbond substituents is 1. The van der Waals surface area contributed by atoms with Crippen LogP contribution in [0.15, 0.2) is 18.2 Å². The summed E-state index contributed by atoms with van der Waals surface area (Å²) in [6, 6.07) is 4.51. The van der Waals surface area contributed by atoms with Crippen LogP contribution in [0.3, 0.4) is 0 Å². The first kappa shape index (κ1) is 10.4. The summed E-state index contributed by atoms with van der Waals surface area (Å²) in [6.45, 7) is 0. The predicted octanol–water partition coefficient (Wildman–Crippen LogP) is 2.54. The average Bonchev–Trinajstić information content (AvgIpc) is 1.80. The SMILES string of the molecule is Oc1ccc(Cl)cc1Cl.[H-].[H-].[Mg+2]. The molecule has 0 atom stereocenters. The Bertz CT molecular complexity index is 235. The van der Waals surface area contributed by atoms with Crippen molar-refractivity contribution in [1.82, 2.24) is 0 Å². The number of aromatic hydroxyl groups is 1. The number of hydrogen-bond acceptors (Lipinski definition) is 1. The molecule has 52 valence electrons. The zero-order valence-electron chi connectivity index (χ0n) is 7.14. The zero-order chi connectivity index (χ0) is 6.85. The van der Waals surface area contributed by atoms with E-state index in [2.05, 4.69) is 0 Å². The molecular weight excluding hydrogens is 183 g/mol. The summed E-state index contributed by atoms with van der Waals surface area (Å²) in [5, 5.41) is 9.66. The molecule has 0 radical (unpaired) electrons. The Morgan fingerprint density at radius 3 is 2.30 bits per heavy atom. The molecule has 0 fully saturated rings. The van der Waals surface area contributed by atoms with Gasteiger partial charge in [-0.3, -0.25) is 0 Å². The van der Waals surface area contributed by atoms with Gasteiger partial charge in [-0.15, -0.1) is 0 Å². The van der Waals surface area contributed by atoms with Gasteiger partial charge in [-0.25, -0.2) is 0 Å². The van der Waals surface area contributed by atoms with Crippen LogP contribution in [0.4, 0.5) is 0 Å². The van der Waals surface area contributed by atoms with Crippen LogP contribution in [0.2, 0.25) is 10.0 Å². The Labute approximate surface area is 88.1 Å². The minimum Gasteiger partial charge on any atom is -1.00 e. The van der Waals surface area contributed by atoms with Crippen LogP contribution in [0.25, 0.3) is 0 Å². The van der Waals surface area contributed by atoms with Gasteiger partial charge in [0.15, 0.2) is 0 Å². The molecule has 1 aromatic carbocycles. The van der Waals surface area contributed by atoms with E-state index >= 15 is 0 Å². The topological polar surface area (TPSA) is 20.2 Å². The molecule has 0 aliphatic heterocycles. The number of halogens is 2. The van der Waals surface area contributed by atoms with Crippen molar-refractivity contribution >= 4 is 46.3 Å². The van der Waals surface area contributed by atoms with Crippen molar-refractivity contribution in [3.63, 3.8) is 0 Å². The van der Waals surface area contributed by atoms with Gasteiger partial charge in [0.1, 0.15) is 5.75 Å². The first-order valence-electron chi connectivity index (χ1n) is 2.34. The largest absolute Gasteiger partial charge is 2.00 e. The summed E-state index contributed by atoms with van der Waals surface area (Å²) in [4.78, 5) is 0.